The highest BCUT2D eigenvalue weighted by molar-refractivity contribution is 7.98. The van der Waals surface area contributed by atoms with Crippen LogP contribution < -0.4 is 10.0 Å². The van der Waals surface area contributed by atoms with Crippen molar-refractivity contribution in [3.63, 3.8) is 0 Å². The number of carbonyl (C=O) groups excluding carboxylic acids is 1. The van der Waals surface area contributed by atoms with Gasteiger partial charge >= 0.3 is 6.43 Å². The van der Waals surface area contributed by atoms with Crippen LogP contribution in [0.5, 0.6) is 0 Å². The van der Waals surface area contributed by atoms with Gasteiger partial charge in [-0.05, 0) is 30.1 Å². The van der Waals surface area contributed by atoms with Crippen molar-refractivity contribution >= 4 is 21.5 Å². The summed E-state index contributed by atoms with van der Waals surface area (Å²) in [6.45, 7) is -1.21. The Bertz CT molecular complexity index is 904. The molecule has 10 heteroatoms. The van der Waals surface area contributed by atoms with Gasteiger partial charge in [-0.25, -0.2) is 18.3 Å². The van der Waals surface area contributed by atoms with E-state index in [1.165, 1.54) is 25.4 Å². The van der Waals surface area contributed by atoms with Gasteiger partial charge < -0.3 is 10.4 Å². The van der Waals surface area contributed by atoms with Crippen molar-refractivity contribution in [2.45, 2.75) is 23.6 Å². The number of hydrogen-bond acceptors (Lipinski definition) is 4. The summed E-state index contributed by atoms with van der Waals surface area (Å²) in [5, 5.41) is 12.2. The second kappa shape index (κ2) is 9.18. The first-order valence-electron chi connectivity index (χ1n) is 8.14. The van der Waals surface area contributed by atoms with Crippen LogP contribution in [0.2, 0.25) is 0 Å². The van der Waals surface area contributed by atoms with E-state index < -0.39 is 40.9 Å². The highest BCUT2D eigenvalue weighted by Crippen LogP contribution is 2.24. The van der Waals surface area contributed by atoms with Gasteiger partial charge in [0.15, 0.2) is 0 Å². The van der Waals surface area contributed by atoms with E-state index in [1.54, 1.807) is 29.6 Å². The van der Waals surface area contributed by atoms with E-state index in [0.29, 0.717) is 16.2 Å². The Hall–Kier alpha value is -2.43. The summed E-state index contributed by atoms with van der Waals surface area (Å²) in [4.78, 5) is 15.2. The van der Waals surface area contributed by atoms with Crippen LogP contribution in [0.25, 0.3) is 11.1 Å². The summed E-state index contributed by atoms with van der Waals surface area (Å²) in [6.07, 6.45) is -3.28. The molecule has 0 aliphatic rings. The number of nitrogens with one attached hydrogen (secondary N) is 2. The molecular weight excluding hydrogens is 395 g/mol. The van der Waals surface area contributed by atoms with E-state index in [-0.39, 0.29) is 5.56 Å². The SMILES string of the molecule is C=S(=O)(NC)c1ccc(-c2ccc(C(O)C(CF)NC(=O)C(F)F)cc2)cn1. The molecule has 0 spiro atoms. The van der Waals surface area contributed by atoms with Crippen LogP contribution in [0.3, 0.4) is 0 Å². The predicted molar refractivity (Wildman–Crippen MR) is 101 cm³/mol. The Morgan fingerprint density at radius 1 is 1.21 bits per heavy atom. The predicted octanol–water partition coefficient (Wildman–Crippen LogP) is 1.71. The summed E-state index contributed by atoms with van der Waals surface area (Å²) in [5.41, 5.74) is 1.66. The average molecular weight is 415 g/mol. The van der Waals surface area contributed by atoms with Crippen LogP contribution >= 0.6 is 0 Å². The van der Waals surface area contributed by atoms with Gasteiger partial charge in [-0.3, -0.25) is 4.79 Å². The fraction of sp³-hybridized carbons (Fsp3) is 0.278. The minimum atomic E-state index is -3.30. The van der Waals surface area contributed by atoms with Gasteiger partial charge in [-0.15, -0.1) is 0 Å². The lowest BCUT2D eigenvalue weighted by Crippen LogP contribution is -2.43. The average Bonchev–Trinajstić information content (AvgIpc) is 2.71. The number of aliphatic hydroxyl groups is 1. The van der Waals surface area contributed by atoms with Crippen molar-refractivity contribution in [1.29, 1.82) is 0 Å². The molecule has 3 N–H and O–H groups in total. The number of carbonyl (C=O) groups is 1. The molecule has 0 bridgehead atoms. The third-order valence-corrected chi connectivity index (χ3v) is 5.64. The maximum Gasteiger partial charge on any atom is 0.315 e. The van der Waals surface area contributed by atoms with E-state index in [1.807, 2.05) is 0 Å². The molecule has 0 saturated carbocycles. The van der Waals surface area contributed by atoms with Gasteiger partial charge in [0.2, 0.25) is 0 Å². The molecule has 1 amide bonds. The summed E-state index contributed by atoms with van der Waals surface area (Å²) >= 11 is 0. The van der Waals surface area contributed by atoms with Crippen molar-refractivity contribution in [1.82, 2.24) is 15.0 Å². The summed E-state index contributed by atoms with van der Waals surface area (Å²) in [7, 11) is -1.14. The fourth-order valence-electron chi connectivity index (χ4n) is 2.40. The monoisotopic (exact) mass is 415 g/mol. The molecule has 1 heterocycles. The molecule has 0 aliphatic heterocycles. The van der Waals surface area contributed by atoms with Gasteiger partial charge in [0.1, 0.15) is 17.8 Å². The topological polar surface area (TPSA) is 91.3 Å². The normalized spacial score (nSPS) is 15.6. The van der Waals surface area contributed by atoms with Crippen molar-refractivity contribution in [2.24, 2.45) is 0 Å². The van der Waals surface area contributed by atoms with E-state index in [0.717, 1.165) is 0 Å². The van der Waals surface area contributed by atoms with Crippen LogP contribution in [0.15, 0.2) is 47.6 Å². The summed E-state index contributed by atoms with van der Waals surface area (Å²) < 4.78 is 52.4. The van der Waals surface area contributed by atoms with E-state index >= 15 is 0 Å². The van der Waals surface area contributed by atoms with Crippen molar-refractivity contribution in [3.8, 4) is 11.1 Å². The standard InChI is InChI=1S/C18H20F3N3O3S/c1-22-28(2,27)15-8-7-13(10-23-15)11-3-5-12(6-4-11)16(25)14(9-19)24-18(26)17(20)21/h3-8,10,14,16-17,25H,2,9H2,1H3,(H,22,27)(H,24,26). The zero-order valence-electron chi connectivity index (χ0n) is 14.9. The third kappa shape index (κ3) is 5.09. The number of amides is 1. The minimum Gasteiger partial charge on any atom is -0.386 e. The molecule has 3 atom stereocenters. The Balaban J connectivity index is 2.17. The van der Waals surface area contributed by atoms with Crippen LogP contribution in [-0.4, -0.2) is 52.3 Å². The van der Waals surface area contributed by atoms with E-state index in [4.69, 9.17) is 0 Å². The first kappa shape index (κ1) is 21.9. The lowest BCUT2D eigenvalue weighted by atomic mass is 9.99. The molecule has 1 aromatic heterocycles. The third-order valence-electron chi connectivity index (χ3n) is 4.06. The molecule has 152 valence electrons. The largest absolute Gasteiger partial charge is 0.386 e. The molecule has 28 heavy (non-hydrogen) atoms. The maximum absolute atomic E-state index is 13.1. The van der Waals surface area contributed by atoms with Crippen molar-refractivity contribution in [3.05, 3.63) is 48.2 Å². The first-order chi connectivity index (χ1) is 13.2. The van der Waals surface area contributed by atoms with Gasteiger partial charge in [0.25, 0.3) is 5.91 Å². The van der Waals surface area contributed by atoms with Crippen molar-refractivity contribution < 1.29 is 27.3 Å². The van der Waals surface area contributed by atoms with Gasteiger partial charge in [-0.1, -0.05) is 30.3 Å². The second-order valence-electron chi connectivity index (χ2n) is 5.90. The summed E-state index contributed by atoms with van der Waals surface area (Å²) in [6, 6.07) is 8.01. The number of alkyl halides is 3. The number of rotatable bonds is 8. The highest BCUT2D eigenvalue weighted by Gasteiger charge is 2.26. The lowest BCUT2D eigenvalue weighted by molar-refractivity contribution is -0.133. The number of aliphatic hydroxyl groups excluding tert-OH is 1. The smallest absolute Gasteiger partial charge is 0.315 e. The number of pyridine rings is 1. The molecule has 0 radical (unpaired) electrons. The van der Waals surface area contributed by atoms with Crippen LogP contribution in [-0.2, 0) is 14.5 Å². The molecule has 6 nitrogen and oxygen atoms in total. The van der Waals surface area contributed by atoms with E-state index in [2.05, 4.69) is 15.6 Å². The Kier molecular flexibility index (Phi) is 7.17. The molecule has 3 unspecified atom stereocenters. The Labute approximate surface area is 160 Å². The molecule has 0 aliphatic carbocycles. The quantitative estimate of drug-likeness (QED) is 0.573. The molecule has 2 rings (SSSR count). The Morgan fingerprint density at radius 3 is 2.29 bits per heavy atom. The van der Waals surface area contributed by atoms with Crippen LogP contribution in [0.4, 0.5) is 13.2 Å². The zero-order valence-corrected chi connectivity index (χ0v) is 15.8. The Morgan fingerprint density at radius 2 is 1.82 bits per heavy atom. The molecule has 1 aromatic carbocycles. The minimum absolute atomic E-state index is 0.251. The number of benzene rings is 1. The van der Waals surface area contributed by atoms with Gasteiger partial charge in [-0.2, -0.15) is 8.78 Å². The van der Waals surface area contributed by atoms with Crippen LogP contribution in [0, 0.1) is 0 Å². The molecule has 0 fully saturated rings. The van der Waals surface area contributed by atoms with Gasteiger partial charge in [0.05, 0.1) is 15.7 Å². The lowest BCUT2D eigenvalue weighted by Gasteiger charge is -2.22. The number of hydrogen-bond donors (Lipinski definition) is 3. The van der Waals surface area contributed by atoms with E-state index in [9.17, 15) is 27.3 Å². The molecule has 0 saturated heterocycles. The maximum atomic E-state index is 13.1. The first-order valence-corrected chi connectivity index (χ1v) is 9.87. The number of halogens is 3. The fourth-order valence-corrected chi connectivity index (χ4v) is 3.12. The zero-order chi connectivity index (χ0) is 20.9. The molecule has 2 aromatic rings. The number of aromatic nitrogens is 1. The van der Waals surface area contributed by atoms with Crippen molar-refractivity contribution in [2.75, 3.05) is 13.7 Å². The second-order valence-corrected chi connectivity index (χ2v) is 8.08. The highest BCUT2D eigenvalue weighted by atomic mass is 32.2. The number of nitrogens with zero attached hydrogens (tertiary/aromatic N) is 1. The van der Waals surface area contributed by atoms with Gasteiger partial charge in [0, 0.05) is 11.8 Å². The summed E-state index contributed by atoms with van der Waals surface area (Å²) in [5.74, 6) is 1.92. The molecular formula is C18H20F3N3O3S. The van der Waals surface area contributed by atoms with Crippen LogP contribution in [0.1, 0.15) is 11.7 Å².